The maximum atomic E-state index is 13.3. The summed E-state index contributed by atoms with van der Waals surface area (Å²) in [5.41, 5.74) is 0.377. The molecule has 0 N–H and O–H groups in total. The topological polar surface area (TPSA) is 100 Å². The van der Waals surface area contributed by atoms with Gasteiger partial charge in [0.05, 0.1) is 0 Å². The number of hydrogen-bond donors (Lipinski definition) is 0. The zero-order chi connectivity index (χ0) is 31.5. The zero-order valence-electron chi connectivity index (χ0n) is 25.5. The average molecular weight is 601 g/mol. The Morgan fingerprint density at radius 3 is 1.44 bits per heavy atom. The van der Waals surface area contributed by atoms with Gasteiger partial charge >= 0.3 is 0 Å². The monoisotopic (exact) mass is 600 g/mol. The summed E-state index contributed by atoms with van der Waals surface area (Å²) < 4.78 is 12.4. The number of amides is 1. The lowest BCUT2D eigenvalue weighted by atomic mass is 10.1. The van der Waals surface area contributed by atoms with Crippen LogP contribution in [0.5, 0.6) is 23.3 Å². The molecule has 11 nitrogen and oxygen atoms in total. The van der Waals surface area contributed by atoms with Gasteiger partial charge in [-0.25, -0.2) is 9.97 Å². The molecule has 0 fully saturated rings. The van der Waals surface area contributed by atoms with Gasteiger partial charge in [-0.1, -0.05) is 30.3 Å². The van der Waals surface area contributed by atoms with Gasteiger partial charge in [-0.05, 0) is 48.5 Å². The van der Waals surface area contributed by atoms with E-state index in [-0.39, 0.29) is 5.91 Å². The summed E-state index contributed by atoms with van der Waals surface area (Å²) in [6.07, 6.45) is 1.67. The quantitative estimate of drug-likeness (QED) is 0.207. The Morgan fingerprint density at radius 2 is 1.04 bits per heavy atom. The van der Waals surface area contributed by atoms with Crippen molar-refractivity contribution in [3.63, 3.8) is 0 Å². The van der Waals surface area contributed by atoms with Crippen LogP contribution >= 0.6 is 0 Å². The predicted molar refractivity (Wildman–Crippen MR) is 175 cm³/mol. The van der Waals surface area contributed by atoms with E-state index < -0.39 is 0 Å². The summed E-state index contributed by atoms with van der Waals surface area (Å²) >= 11 is 0. The third kappa shape index (κ3) is 6.23. The summed E-state index contributed by atoms with van der Waals surface area (Å²) in [5.74, 6) is 5.21. The highest BCUT2D eigenvalue weighted by atomic mass is 16.5. The van der Waals surface area contributed by atoms with Crippen molar-refractivity contribution >= 4 is 40.8 Å². The zero-order valence-corrected chi connectivity index (χ0v) is 25.5. The molecular weight excluding hydrogens is 568 g/mol. The van der Waals surface area contributed by atoms with E-state index in [0.29, 0.717) is 70.3 Å². The maximum absolute atomic E-state index is 13.3. The van der Waals surface area contributed by atoms with Gasteiger partial charge < -0.3 is 29.1 Å². The second-order valence-electron chi connectivity index (χ2n) is 10.4. The van der Waals surface area contributed by atoms with E-state index in [0.717, 1.165) is 0 Å². The number of ether oxygens (including phenoxy) is 2. The number of likely N-dealkylation sites (N-methyl/N-ethyl adjacent to an activating group) is 1. The Morgan fingerprint density at radius 1 is 0.667 bits per heavy atom. The molecule has 10 bridgehead atoms. The van der Waals surface area contributed by atoms with E-state index in [4.69, 9.17) is 29.4 Å². The number of aromatic nitrogens is 4. The van der Waals surface area contributed by atoms with Gasteiger partial charge in [-0.3, -0.25) is 4.79 Å². The van der Waals surface area contributed by atoms with E-state index >= 15 is 0 Å². The van der Waals surface area contributed by atoms with Gasteiger partial charge in [0, 0.05) is 58.5 Å². The third-order valence-electron chi connectivity index (χ3n) is 7.24. The van der Waals surface area contributed by atoms with Crippen molar-refractivity contribution in [3.05, 3.63) is 109 Å². The molecule has 0 atom stereocenters. The van der Waals surface area contributed by atoms with Crippen LogP contribution < -0.4 is 24.2 Å². The molecule has 226 valence electrons. The first kappa shape index (κ1) is 29.1. The first-order chi connectivity index (χ1) is 21.8. The normalized spacial score (nSPS) is 12.5. The van der Waals surface area contributed by atoms with Crippen LogP contribution in [0.15, 0.2) is 104 Å². The van der Waals surface area contributed by atoms with Crippen LogP contribution in [0.2, 0.25) is 0 Å². The lowest BCUT2D eigenvalue weighted by molar-refractivity contribution is 0.0809. The van der Waals surface area contributed by atoms with Crippen LogP contribution in [0.3, 0.4) is 0 Å². The molecule has 11 heteroatoms. The number of benzene rings is 1. The molecule has 4 aromatic heterocycles. The number of fused-ring (bicyclic) bond motifs is 10. The van der Waals surface area contributed by atoms with Crippen molar-refractivity contribution in [2.24, 2.45) is 0 Å². The highest BCUT2D eigenvalue weighted by Crippen LogP contribution is 2.33. The van der Waals surface area contributed by atoms with Crippen LogP contribution in [0.1, 0.15) is 10.4 Å². The molecule has 0 saturated heterocycles. The molecule has 0 aliphatic carbocycles. The Labute approximate surface area is 261 Å². The summed E-state index contributed by atoms with van der Waals surface area (Å²) in [5, 5.41) is 0. The van der Waals surface area contributed by atoms with E-state index in [1.807, 2.05) is 96.5 Å². The molecule has 6 rings (SSSR count). The molecule has 45 heavy (non-hydrogen) atoms. The van der Waals surface area contributed by atoms with Gasteiger partial charge in [0.1, 0.15) is 46.4 Å². The maximum Gasteiger partial charge on any atom is 0.254 e. The summed E-state index contributed by atoms with van der Waals surface area (Å²) in [6.45, 7) is 4.13. The molecule has 0 radical (unpaired) electrons. The van der Waals surface area contributed by atoms with Gasteiger partial charge in [-0.15, -0.1) is 6.58 Å². The summed E-state index contributed by atoms with van der Waals surface area (Å²) in [6, 6.07) is 27.5. The minimum Gasteiger partial charge on any atom is -0.439 e. The molecule has 0 unspecified atom stereocenters. The molecule has 1 aliphatic rings. The van der Waals surface area contributed by atoms with E-state index in [9.17, 15) is 4.79 Å². The number of pyridine rings is 4. The SMILES string of the molecule is C=CCN(C)C(=O)c1cc2cc(c1)Oc1cccc(n1)N(C)c1cccc(n1)N(C)c1cccc(n1)N(C)c1cccc(n1)O2. The van der Waals surface area contributed by atoms with Gasteiger partial charge in [0.25, 0.3) is 5.91 Å². The standard InChI is InChI=1S/C34H32N8O3/c1-6-19-39(2)34(43)23-20-24-22-25(21-23)45-33-18-10-16-31(38-33)42(5)29-14-8-12-27(36-29)40(3)26-11-7-13-28(35-26)41(4)30-15-9-17-32(37-30)44-24/h6-18,20-22H,1,19H2,2-5H3. The second-order valence-corrected chi connectivity index (χ2v) is 10.4. The van der Waals surface area contributed by atoms with Crippen LogP contribution in [-0.2, 0) is 0 Å². The lowest BCUT2D eigenvalue weighted by Crippen LogP contribution is -2.26. The Hall–Kier alpha value is -5.97. The second kappa shape index (κ2) is 12.3. The smallest absolute Gasteiger partial charge is 0.254 e. The first-order valence-electron chi connectivity index (χ1n) is 14.3. The number of hydrogen-bond acceptors (Lipinski definition) is 10. The molecule has 5 aromatic rings. The Bertz CT molecular complexity index is 1760. The molecule has 0 saturated carbocycles. The molecule has 1 aromatic carbocycles. The highest BCUT2D eigenvalue weighted by Gasteiger charge is 2.18. The van der Waals surface area contributed by atoms with Crippen molar-refractivity contribution in [2.75, 3.05) is 49.4 Å². The van der Waals surface area contributed by atoms with Gasteiger partial charge in [0.2, 0.25) is 11.8 Å². The number of carbonyl (C=O) groups is 1. The lowest BCUT2D eigenvalue weighted by Gasteiger charge is -2.23. The fourth-order valence-electron chi connectivity index (χ4n) is 4.77. The molecular formula is C34H32N8O3. The van der Waals surface area contributed by atoms with Crippen molar-refractivity contribution in [2.45, 2.75) is 0 Å². The van der Waals surface area contributed by atoms with Crippen LogP contribution in [-0.4, -0.2) is 65.5 Å². The Kier molecular flexibility index (Phi) is 7.98. The Balaban J connectivity index is 1.49. The van der Waals surface area contributed by atoms with Crippen LogP contribution in [0, 0.1) is 0 Å². The minimum absolute atomic E-state index is 0.218. The van der Waals surface area contributed by atoms with Gasteiger partial charge in [0.15, 0.2) is 0 Å². The van der Waals surface area contributed by atoms with Crippen LogP contribution in [0.25, 0.3) is 0 Å². The molecule has 0 spiro atoms. The van der Waals surface area contributed by atoms with Crippen molar-refractivity contribution in [1.82, 2.24) is 24.8 Å². The van der Waals surface area contributed by atoms with Crippen LogP contribution in [0.4, 0.5) is 34.9 Å². The summed E-state index contributed by atoms with van der Waals surface area (Å²) in [7, 11) is 7.41. The number of rotatable bonds is 3. The first-order valence-corrected chi connectivity index (χ1v) is 14.3. The molecule has 1 aliphatic heterocycles. The average Bonchev–Trinajstić information content (AvgIpc) is 3.07. The number of anilines is 6. The van der Waals surface area contributed by atoms with Crippen molar-refractivity contribution in [1.29, 1.82) is 0 Å². The minimum atomic E-state index is -0.218. The van der Waals surface area contributed by atoms with E-state index in [1.54, 1.807) is 48.4 Å². The highest BCUT2D eigenvalue weighted by molar-refractivity contribution is 5.95. The third-order valence-corrected chi connectivity index (χ3v) is 7.24. The summed E-state index contributed by atoms with van der Waals surface area (Å²) in [4.78, 5) is 39.8. The number of nitrogens with zero attached hydrogens (tertiary/aromatic N) is 8. The number of carbonyl (C=O) groups excluding carboxylic acids is 1. The fourth-order valence-corrected chi connectivity index (χ4v) is 4.77. The van der Waals surface area contributed by atoms with E-state index in [2.05, 4.69) is 6.58 Å². The fraction of sp³-hybridized carbons (Fsp3) is 0.147. The van der Waals surface area contributed by atoms with Gasteiger partial charge in [-0.2, -0.15) is 9.97 Å². The van der Waals surface area contributed by atoms with Crippen molar-refractivity contribution < 1.29 is 14.3 Å². The largest absolute Gasteiger partial charge is 0.439 e. The van der Waals surface area contributed by atoms with Crippen molar-refractivity contribution in [3.8, 4) is 23.3 Å². The molecule has 5 heterocycles. The predicted octanol–water partition coefficient (Wildman–Crippen LogP) is 6.73. The van der Waals surface area contributed by atoms with E-state index in [1.165, 1.54) is 0 Å². The molecule has 1 amide bonds.